The predicted molar refractivity (Wildman–Crippen MR) is 316 cm³/mol. The van der Waals surface area contributed by atoms with Crippen molar-refractivity contribution in [2.45, 2.75) is 271 Å². The third kappa shape index (κ3) is 58.6. The van der Waals surface area contributed by atoms with Gasteiger partial charge in [-0.25, -0.2) is 0 Å². The number of allylic oxidation sites excluding steroid dienone is 20. The second-order valence-corrected chi connectivity index (χ2v) is 19.5. The van der Waals surface area contributed by atoms with Crippen LogP contribution in [0.4, 0.5) is 0 Å². The van der Waals surface area contributed by atoms with Gasteiger partial charge in [-0.15, -0.1) is 0 Å². The van der Waals surface area contributed by atoms with Gasteiger partial charge in [0.25, 0.3) is 0 Å². The van der Waals surface area contributed by atoms with Gasteiger partial charge in [-0.2, -0.15) is 0 Å². The minimum absolute atomic E-state index is 0.115. The Morgan fingerprint density at radius 3 is 0.945 bits per heavy atom. The van der Waals surface area contributed by atoms with E-state index in [2.05, 4.69) is 142 Å². The standard InChI is InChI=1S/C67H110O6/c1-4-7-10-13-16-19-22-25-28-31-33-36-39-42-45-48-51-54-57-60-66(69)72-63-64(62-71-65(68)59-56-53-50-47-44-41-38-35-30-27-24-21-18-15-12-9-6-3)73-67(70)61-58-55-52-49-46-43-40-37-34-32-29-26-23-20-17-14-11-8-5-2/h7,10,16,18-19,21,25-30,33,36,38,41-42,45,47,50,64H,4-6,8-9,11-15,17,20,22-24,31-32,34-35,37,39-40,43-44,46,48-49,51-63H2,1-3H3/b10-7-,19-16-,21-18-,28-25-,29-26-,30-27-,36-33-,41-38-,45-42-,50-47-/t64-/m1/s1. The van der Waals surface area contributed by atoms with Crippen molar-refractivity contribution in [1.29, 1.82) is 0 Å². The minimum atomic E-state index is -0.819. The zero-order valence-electron chi connectivity index (χ0n) is 47.4. The van der Waals surface area contributed by atoms with E-state index in [0.717, 1.165) is 103 Å². The van der Waals surface area contributed by atoms with Crippen LogP contribution in [0.3, 0.4) is 0 Å². The third-order valence-electron chi connectivity index (χ3n) is 12.4. The highest BCUT2D eigenvalue weighted by atomic mass is 16.6. The van der Waals surface area contributed by atoms with Crippen LogP contribution < -0.4 is 0 Å². The van der Waals surface area contributed by atoms with E-state index in [0.29, 0.717) is 19.3 Å². The summed E-state index contributed by atoms with van der Waals surface area (Å²) >= 11 is 0. The molecule has 0 amide bonds. The molecule has 73 heavy (non-hydrogen) atoms. The van der Waals surface area contributed by atoms with Crippen molar-refractivity contribution in [3.63, 3.8) is 0 Å². The highest BCUT2D eigenvalue weighted by Crippen LogP contribution is 2.14. The Bertz CT molecular complexity index is 1540. The fourth-order valence-electron chi connectivity index (χ4n) is 7.93. The Hall–Kier alpha value is -4.19. The van der Waals surface area contributed by atoms with Crippen molar-refractivity contribution >= 4 is 17.9 Å². The van der Waals surface area contributed by atoms with Gasteiger partial charge in [0.1, 0.15) is 13.2 Å². The number of carbonyl (C=O) groups is 3. The van der Waals surface area contributed by atoms with E-state index in [4.69, 9.17) is 14.2 Å². The van der Waals surface area contributed by atoms with Crippen molar-refractivity contribution in [3.05, 3.63) is 122 Å². The van der Waals surface area contributed by atoms with Crippen molar-refractivity contribution in [1.82, 2.24) is 0 Å². The van der Waals surface area contributed by atoms with Crippen LogP contribution in [0.1, 0.15) is 265 Å². The number of carbonyl (C=O) groups excluding carboxylic acids is 3. The molecule has 0 saturated heterocycles. The molecule has 0 aromatic carbocycles. The second-order valence-electron chi connectivity index (χ2n) is 19.5. The third-order valence-corrected chi connectivity index (χ3v) is 12.4. The lowest BCUT2D eigenvalue weighted by Gasteiger charge is -2.18. The molecule has 6 nitrogen and oxygen atoms in total. The number of hydrogen-bond acceptors (Lipinski definition) is 6. The molecule has 0 aliphatic rings. The SMILES string of the molecule is CC/C=C\C/C=C\C/C=C\C/C=C\C/C=C\CCCCCC(=O)OC[C@@H](COC(=O)CCC/C=C\C/C=C\C/C=C\C/C=C\CCCCC)OC(=O)CCCCCCCCCCC/C=C\CCCCCCCC. The first-order chi connectivity index (χ1) is 36.0. The Kier molecular flexibility index (Phi) is 56.9. The smallest absolute Gasteiger partial charge is 0.306 e. The van der Waals surface area contributed by atoms with E-state index in [1.165, 1.54) is 116 Å². The van der Waals surface area contributed by atoms with E-state index in [9.17, 15) is 14.4 Å². The van der Waals surface area contributed by atoms with Crippen LogP contribution in [-0.2, 0) is 28.6 Å². The van der Waals surface area contributed by atoms with Crippen molar-refractivity contribution in [2.75, 3.05) is 13.2 Å². The van der Waals surface area contributed by atoms with Crippen LogP contribution in [0.2, 0.25) is 0 Å². The van der Waals surface area contributed by atoms with Crippen molar-refractivity contribution in [2.24, 2.45) is 0 Å². The molecule has 0 unspecified atom stereocenters. The van der Waals surface area contributed by atoms with Gasteiger partial charge in [0.2, 0.25) is 0 Å². The molecule has 0 heterocycles. The number of esters is 3. The summed E-state index contributed by atoms with van der Waals surface area (Å²) in [6.07, 6.45) is 83.4. The molecule has 0 radical (unpaired) electrons. The molecular weight excluding hydrogens is 901 g/mol. The normalized spacial score (nSPS) is 13.0. The maximum Gasteiger partial charge on any atom is 0.306 e. The van der Waals surface area contributed by atoms with Crippen LogP contribution in [0, 0.1) is 0 Å². The zero-order chi connectivity index (χ0) is 52.9. The quantitative estimate of drug-likeness (QED) is 0.0261. The van der Waals surface area contributed by atoms with Crippen LogP contribution in [0.15, 0.2) is 122 Å². The average Bonchev–Trinajstić information content (AvgIpc) is 3.39. The summed E-state index contributed by atoms with van der Waals surface area (Å²) in [5.74, 6) is -1.00. The molecule has 414 valence electrons. The van der Waals surface area contributed by atoms with Gasteiger partial charge in [0.15, 0.2) is 6.10 Å². The molecule has 0 bridgehead atoms. The first-order valence-electron chi connectivity index (χ1n) is 30.0. The summed E-state index contributed by atoms with van der Waals surface area (Å²) in [5.41, 5.74) is 0. The van der Waals surface area contributed by atoms with Crippen molar-refractivity contribution in [3.8, 4) is 0 Å². The summed E-state index contributed by atoms with van der Waals surface area (Å²) < 4.78 is 16.8. The summed E-state index contributed by atoms with van der Waals surface area (Å²) in [6, 6.07) is 0. The van der Waals surface area contributed by atoms with Crippen LogP contribution >= 0.6 is 0 Å². The average molecular weight is 1010 g/mol. The molecule has 0 aromatic heterocycles. The summed E-state index contributed by atoms with van der Waals surface area (Å²) in [4.78, 5) is 38.2. The molecule has 6 heteroatoms. The molecule has 0 spiro atoms. The fraction of sp³-hybridized carbons (Fsp3) is 0.657. The number of unbranched alkanes of at least 4 members (excludes halogenated alkanes) is 22. The van der Waals surface area contributed by atoms with Gasteiger partial charge in [0, 0.05) is 19.3 Å². The Morgan fingerprint density at radius 1 is 0.288 bits per heavy atom. The lowest BCUT2D eigenvalue weighted by Crippen LogP contribution is -2.30. The molecule has 0 saturated carbocycles. The fourth-order valence-corrected chi connectivity index (χ4v) is 7.93. The monoisotopic (exact) mass is 1010 g/mol. The van der Waals surface area contributed by atoms with Gasteiger partial charge in [0.05, 0.1) is 0 Å². The van der Waals surface area contributed by atoms with Crippen LogP contribution in [-0.4, -0.2) is 37.2 Å². The maximum absolute atomic E-state index is 12.9. The lowest BCUT2D eigenvalue weighted by molar-refractivity contribution is -0.167. The molecule has 0 N–H and O–H groups in total. The zero-order valence-corrected chi connectivity index (χ0v) is 47.4. The molecule has 0 aromatic rings. The first-order valence-corrected chi connectivity index (χ1v) is 30.0. The Labute approximate surface area is 450 Å². The predicted octanol–water partition coefficient (Wildman–Crippen LogP) is 20.4. The topological polar surface area (TPSA) is 78.9 Å². The summed E-state index contributed by atoms with van der Waals surface area (Å²) in [5, 5.41) is 0. The first kappa shape index (κ1) is 68.8. The molecule has 1 atom stereocenters. The Balaban J connectivity index is 4.54. The second kappa shape index (κ2) is 60.4. The van der Waals surface area contributed by atoms with E-state index >= 15 is 0 Å². The van der Waals surface area contributed by atoms with Crippen molar-refractivity contribution < 1.29 is 28.6 Å². The molecule has 0 fully saturated rings. The maximum atomic E-state index is 12.9. The molecule has 0 aliphatic carbocycles. The highest BCUT2D eigenvalue weighted by Gasteiger charge is 2.19. The molecule has 0 aliphatic heterocycles. The number of hydrogen-bond donors (Lipinski definition) is 0. The Morgan fingerprint density at radius 2 is 0.548 bits per heavy atom. The van der Waals surface area contributed by atoms with E-state index < -0.39 is 6.10 Å². The largest absolute Gasteiger partial charge is 0.462 e. The minimum Gasteiger partial charge on any atom is -0.462 e. The number of rotatable bonds is 53. The molecular formula is C67H110O6. The van der Waals surface area contributed by atoms with Gasteiger partial charge in [-0.1, -0.05) is 239 Å². The van der Waals surface area contributed by atoms with E-state index in [1.807, 2.05) is 0 Å². The lowest BCUT2D eigenvalue weighted by atomic mass is 10.1. The van der Waals surface area contributed by atoms with E-state index in [1.54, 1.807) is 0 Å². The highest BCUT2D eigenvalue weighted by molar-refractivity contribution is 5.71. The summed E-state index contributed by atoms with van der Waals surface area (Å²) in [7, 11) is 0. The number of ether oxygens (including phenoxy) is 3. The van der Waals surface area contributed by atoms with Gasteiger partial charge in [-0.3, -0.25) is 14.4 Å². The molecule has 0 rings (SSSR count). The van der Waals surface area contributed by atoms with Gasteiger partial charge < -0.3 is 14.2 Å². The van der Waals surface area contributed by atoms with E-state index in [-0.39, 0.29) is 37.5 Å². The van der Waals surface area contributed by atoms with Crippen LogP contribution in [0.25, 0.3) is 0 Å². The van der Waals surface area contributed by atoms with Crippen LogP contribution in [0.5, 0.6) is 0 Å². The summed E-state index contributed by atoms with van der Waals surface area (Å²) in [6.45, 7) is 6.42. The van der Waals surface area contributed by atoms with Gasteiger partial charge in [-0.05, 0) is 128 Å². The van der Waals surface area contributed by atoms with Gasteiger partial charge >= 0.3 is 17.9 Å².